The van der Waals surface area contributed by atoms with Crippen LogP contribution in [0.4, 0.5) is 5.00 Å². The van der Waals surface area contributed by atoms with Gasteiger partial charge in [0.25, 0.3) is 0 Å². The summed E-state index contributed by atoms with van der Waals surface area (Å²) in [6, 6.07) is 24.2. The average Bonchev–Trinajstić information content (AvgIpc) is 3.93. The molecule has 2 N–H and O–H groups in total. The number of nitrogens with zero attached hydrogens (tertiary/aromatic N) is 3. The van der Waals surface area contributed by atoms with Crippen LogP contribution in [0.2, 0.25) is 0 Å². The highest BCUT2D eigenvalue weighted by Gasteiger charge is 2.21. The normalized spacial score (nSPS) is 12.3. The van der Waals surface area contributed by atoms with Crippen molar-refractivity contribution >= 4 is 96.7 Å². The molecule has 7 aromatic rings. The Bertz CT molecular complexity index is 2520. The van der Waals surface area contributed by atoms with Gasteiger partial charge in [0.2, 0.25) is 0 Å². The molecule has 0 radical (unpaired) electrons. The molecule has 0 spiro atoms. The van der Waals surface area contributed by atoms with Gasteiger partial charge in [-0.05, 0) is 89.0 Å². The molecule has 8 bridgehead atoms. The van der Waals surface area contributed by atoms with Gasteiger partial charge in [0.05, 0.1) is 27.7 Å². The molecule has 0 saturated carbocycles. The second-order valence-corrected chi connectivity index (χ2v) is 14.7. The van der Waals surface area contributed by atoms with Crippen molar-refractivity contribution in [2.24, 2.45) is 0 Å². The molecule has 2 aliphatic heterocycles. The lowest BCUT2D eigenvalue weighted by Gasteiger charge is -2.03. The fourth-order valence-corrected chi connectivity index (χ4v) is 9.33. The Morgan fingerprint density at radius 3 is 1.21 bits per heavy atom. The summed E-state index contributed by atoms with van der Waals surface area (Å²) in [5.74, 6) is 0. The van der Waals surface area contributed by atoms with Crippen LogP contribution in [0.3, 0.4) is 0 Å². The van der Waals surface area contributed by atoms with E-state index in [0.717, 1.165) is 97.9 Å². The van der Waals surface area contributed by atoms with Gasteiger partial charge in [-0.25, -0.2) is 9.97 Å². The molecule has 0 amide bonds. The minimum atomic E-state index is -0.345. The quantitative estimate of drug-likeness (QED) is 0.139. The number of hydrogen-bond donors (Lipinski definition) is 2. The first-order chi connectivity index (χ1) is 23.1. The molecule has 0 fully saturated rings. The van der Waals surface area contributed by atoms with E-state index in [1.54, 1.807) is 40.1 Å². The number of aromatic nitrogens is 4. The van der Waals surface area contributed by atoms with Gasteiger partial charge in [0.15, 0.2) is 0 Å². The van der Waals surface area contributed by atoms with E-state index in [0.29, 0.717) is 0 Å². The van der Waals surface area contributed by atoms with E-state index in [1.807, 2.05) is 36.4 Å². The van der Waals surface area contributed by atoms with E-state index in [9.17, 15) is 10.1 Å². The molecule has 7 nitrogen and oxygen atoms in total. The molecule has 9 heterocycles. The second-order valence-electron chi connectivity index (χ2n) is 10.8. The first kappa shape index (κ1) is 28.1. The van der Waals surface area contributed by atoms with Gasteiger partial charge in [-0.1, -0.05) is 29.5 Å². The van der Waals surface area contributed by atoms with E-state index in [2.05, 4.69) is 80.7 Å². The van der Waals surface area contributed by atoms with Crippen LogP contribution in [-0.4, -0.2) is 24.9 Å². The van der Waals surface area contributed by atoms with Crippen LogP contribution in [0, 0.1) is 10.1 Å². The summed E-state index contributed by atoms with van der Waals surface area (Å²) in [4.78, 5) is 33.3. The molecular formula is C36H21N5O2S4. The molecule has 0 unspecified atom stereocenters. The number of fused-ring (bicyclic) bond motifs is 8. The Balaban J connectivity index is 1.47. The summed E-state index contributed by atoms with van der Waals surface area (Å²) in [5.41, 5.74) is 10.8. The molecule has 7 aromatic heterocycles. The lowest BCUT2D eigenvalue weighted by Crippen LogP contribution is -1.87. The molecule has 226 valence electrons. The van der Waals surface area contributed by atoms with Gasteiger partial charge in [0.1, 0.15) is 0 Å². The highest BCUT2D eigenvalue weighted by atomic mass is 32.1. The predicted molar refractivity (Wildman–Crippen MR) is 199 cm³/mol. The average molecular weight is 684 g/mol. The zero-order valence-electron chi connectivity index (χ0n) is 24.3. The van der Waals surface area contributed by atoms with Crippen molar-refractivity contribution in [2.75, 3.05) is 0 Å². The number of aromatic amines is 2. The smallest absolute Gasteiger partial charge is 0.324 e. The molecule has 0 saturated heterocycles. The first-order valence-electron chi connectivity index (χ1n) is 14.6. The number of nitro groups is 1. The van der Waals surface area contributed by atoms with Crippen molar-refractivity contribution in [3.63, 3.8) is 0 Å². The van der Waals surface area contributed by atoms with Crippen molar-refractivity contribution in [1.82, 2.24) is 19.9 Å². The third kappa shape index (κ3) is 4.83. The minimum absolute atomic E-state index is 0.0834. The van der Waals surface area contributed by atoms with E-state index in [4.69, 9.17) is 9.97 Å². The van der Waals surface area contributed by atoms with E-state index >= 15 is 0 Å². The second kappa shape index (κ2) is 11.2. The summed E-state index contributed by atoms with van der Waals surface area (Å²) in [7, 11) is 0. The molecule has 11 heteroatoms. The summed E-state index contributed by atoms with van der Waals surface area (Å²) in [6.45, 7) is 0. The first-order valence-corrected chi connectivity index (χ1v) is 18.1. The fourth-order valence-electron chi connectivity index (χ4n) is 6.07. The molecule has 0 aromatic carbocycles. The van der Waals surface area contributed by atoms with Gasteiger partial charge >= 0.3 is 5.00 Å². The topological polar surface area (TPSA) is 100 Å². The maximum absolute atomic E-state index is 11.7. The Labute approximate surface area is 283 Å². The van der Waals surface area contributed by atoms with Gasteiger partial charge in [-0.3, -0.25) is 10.1 Å². The van der Waals surface area contributed by atoms with Crippen molar-refractivity contribution in [2.45, 2.75) is 0 Å². The highest BCUT2D eigenvalue weighted by Crippen LogP contribution is 2.42. The van der Waals surface area contributed by atoms with E-state index in [1.165, 1.54) is 0 Å². The zero-order valence-corrected chi connectivity index (χ0v) is 27.5. The van der Waals surface area contributed by atoms with Crippen molar-refractivity contribution in [1.29, 1.82) is 0 Å². The van der Waals surface area contributed by atoms with Crippen molar-refractivity contribution < 1.29 is 4.92 Å². The molecule has 47 heavy (non-hydrogen) atoms. The number of thiophene rings is 4. The summed E-state index contributed by atoms with van der Waals surface area (Å²) < 4.78 is 0. The Morgan fingerprint density at radius 1 is 0.511 bits per heavy atom. The van der Waals surface area contributed by atoms with Crippen LogP contribution in [0.15, 0.2) is 88.9 Å². The molecule has 0 aliphatic carbocycles. The Hall–Kier alpha value is -5.20. The lowest BCUT2D eigenvalue weighted by molar-refractivity contribution is -0.380. The highest BCUT2D eigenvalue weighted by molar-refractivity contribution is 7.18. The maximum Gasteiger partial charge on any atom is 0.324 e. The van der Waals surface area contributed by atoms with Crippen molar-refractivity contribution in [3.8, 4) is 41.8 Å². The maximum atomic E-state index is 11.7. The summed E-state index contributed by atoms with van der Waals surface area (Å²) in [5, 5.41) is 18.0. The number of hydrogen-bond acceptors (Lipinski definition) is 8. The van der Waals surface area contributed by atoms with Crippen molar-refractivity contribution in [3.05, 3.63) is 122 Å². The number of nitrogens with one attached hydrogen (secondary N) is 2. The third-order valence-corrected chi connectivity index (χ3v) is 11.8. The Morgan fingerprint density at radius 2 is 0.894 bits per heavy atom. The SMILES string of the molecule is O=[N+]([O-])c1ccc(-c2c3nc(c(-c4cccs4)c4ccc([nH]4)c(-c4cccs4)c4nc(c(-c5cccs5)c5ccc2[nH]5)C=C4)C=C3)s1. The van der Waals surface area contributed by atoms with Gasteiger partial charge in [-0.15, -0.1) is 34.0 Å². The minimum Gasteiger partial charge on any atom is -0.354 e. The molecule has 9 rings (SSSR count). The fraction of sp³-hybridized carbons (Fsp3) is 0. The van der Waals surface area contributed by atoms with Crippen LogP contribution in [-0.2, 0) is 0 Å². The summed E-state index contributed by atoms with van der Waals surface area (Å²) in [6.07, 6.45) is 8.22. The Kier molecular flexibility index (Phi) is 6.71. The molecular weight excluding hydrogens is 663 g/mol. The standard InChI is InChI=1S/C36H21N5O2S4/c42-41(43)32-16-15-31(47-32)36-26-13-11-24(39-26)34(29-5-2-18-45-29)22-9-7-20(37-22)33(28-4-1-17-44-28)21-8-10-23(38-21)35(30-6-3-19-46-30)25-12-14-27(36)40-25/h1-19,37,40H. The number of H-pyrrole nitrogens is 2. The largest absolute Gasteiger partial charge is 0.354 e. The number of rotatable bonds is 5. The lowest BCUT2D eigenvalue weighted by atomic mass is 10.1. The zero-order chi connectivity index (χ0) is 31.5. The van der Waals surface area contributed by atoms with Crippen LogP contribution in [0.25, 0.3) is 88.1 Å². The predicted octanol–water partition coefficient (Wildman–Crippen LogP) is 11.5. The van der Waals surface area contributed by atoms with Crippen LogP contribution >= 0.6 is 45.3 Å². The van der Waals surface area contributed by atoms with Crippen LogP contribution < -0.4 is 0 Å². The van der Waals surface area contributed by atoms with E-state index in [-0.39, 0.29) is 9.92 Å². The summed E-state index contributed by atoms with van der Waals surface area (Å²) >= 11 is 6.15. The van der Waals surface area contributed by atoms with Gasteiger partial charge in [-0.2, -0.15) is 0 Å². The van der Waals surface area contributed by atoms with Gasteiger partial charge in [0, 0.05) is 69.9 Å². The monoisotopic (exact) mass is 683 g/mol. The van der Waals surface area contributed by atoms with Crippen LogP contribution in [0.5, 0.6) is 0 Å². The molecule has 2 aliphatic rings. The van der Waals surface area contributed by atoms with E-state index < -0.39 is 0 Å². The van der Waals surface area contributed by atoms with Crippen LogP contribution in [0.1, 0.15) is 22.8 Å². The third-order valence-electron chi connectivity index (χ3n) is 8.07. The molecule has 0 atom stereocenters. The van der Waals surface area contributed by atoms with Gasteiger partial charge < -0.3 is 9.97 Å².